The summed E-state index contributed by atoms with van der Waals surface area (Å²) in [6.07, 6.45) is 1.60. The molecule has 2 atom stereocenters. The van der Waals surface area contributed by atoms with Crippen LogP contribution < -0.4 is 11.1 Å². The molecule has 0 aliphatic rings. The number of nitrogens with one attached hydrogen (secondary N) is 1. The van der Waals surface area contributed by atoms with E-state index >= 15 is 0 Å². The van der Waals surface area contributed by atoms with Gasteiger partial charge in [-0.1, -0.05) is 19.1 Å². The van der Waals surface area contributed by atoms with Gasteiger partial charge in [-0.05, 0) is 20.3 Å². The van der Waals surface area contributed by atoms with Gasteiger partial charge in [-0.3, -0.25) is 4.79 Å². The first-order valence-electron chi connectivity index (χ1n) is 5.31. The SMILES string of the molecule is CCC(C)(C(=O)NC(C)CS(C)(=O)=O)C(N)=S. The van der Waals surface area contributed by atoms with Crippen LogP contribution >= 0.6 is 12.2 Å². The Balaban J connectivity index is 4.70. The minimum atomic E-state index is -3.12. The Hall–Kier alpha value is -0.690. The van der Waals surface area contributed by atoms with E-state index in [1.54, 1.807) is 20.8 Å². The van der Waals surface area contributed by atoms with Crippen molar-refractivity contribution in [1.82, 2.24) is 5.32 Å². The van der Waals surface area contributed by atoms with Gasteiger partial charge >= 0.3 is 0 Å². The molecule has 0 aromatic rings. The quantitative estimate of drug-likeness (QED) is 0.680. The number of sulfone groups is 1. The summed E-state index contributed by atoms with van der Waals surface area (Å²) in [6.45, 7) is 5.09. The molecule has 0 bridgehead atoms. The third kappa shape index (κ3) is 4.99. The predicted molar refractivity (Wildman–Crippen MR) is 72.5 cm³/mol. The minimum Gasteiger partial charge on any atom is -0.392 e. The zero-order chi connectivity index (χ0) is 13.9. The number of thiocarbonyl (C=S) groups is 1. The van der Waals surface area contributed by atoms with E-state index in [0.717, 1.165) is 6.26 Å². The molecule has 0 heterocycles. The standard InChI is InChI=1S/C10H20N2O3S2/c1-5-10(3,8(11)16)9(13)12-7(2)6-17(4,14)15/h7H,5-6H2,1-4H3,(H2,11,16)(H,12,13). The van der Waals surface area contributed by atoms with E-state index in [9.17, 15) is 13.2 Å². The van der Waals surface area contributed by atoms with Crippen molar-refractivity contribution in [2.45, 2.75) is 33.2 Å². The maximum absolute atomic E-state index is 12.0. The Morgan fingerprint density at radius 1 is 1.53 bits per heavy atom. The molecular weight excluding hydrogens is 260 g/mol. The van der Waals surface area contributed by atoms with Gasteiger partial charge in [0, 0.05) is 12.3 Å². The third-order valence-corrected chi connectivity index (χ3v) is 4.24. The Kier molecular flexibility index (Phi) is 5.54. The van der Waals surface area contributed by atoms with Gasteiger partial charge in [-0.15, -0.1) is 0 Å². The van der Waals surface area contributed by atoms with Crippen molar-refractivity contribution in [3.63, 3.8) is 0 Å². The Labute approximate surface area is 108 Å². The molecule has 3 N–H and O–H groups in total. The van der Waals surface area contributed by atoms with Gasteiger partial charge in [0.15, 0.2) is 0 Å². The van der Waals surface area contributed by atoms with Crippen molar-refractivity contribution in [2.24, 2.45) is 11.1 Å². The highest BCUT2D eigenvalue weighted by Crippen LogP contribution is 2.21. The number of nitrogens with two attached hydrogens (primary N) is 1. The fourth-order valence-corrected chi connectivity index (χ4v) is 2.55. The average Bonchev–Trinajstić information content (AvgIpc) is 2.12. The number of hydrogen-bond donors (Lipinski definition) is 2. The molecule has 0 spiro atoms. The van der Waals surface area contributed by atoms with E-state index < -0.39 is 21.3 Å². The zero-order valence-electron chi connectivity index (χ0n) is 10.6. The van der Waals surface area contributed by atoms with Crippen LogP contribution in [0.4, 0.5) is 0 Å². The van der Waals surface area contributed by atoms with Crippen LogP contribution in [0.3, 0.4) is 0 Å². The first kappa shape index (κ1) is 16.3. The van der Waals surface area contributed by atoms with Gasteiger partial charge in [0.1, 0.15) is 9.84 Å². The lowest BCUT2D eigenvalue weighted by molar-refractivity contribution is -0.127. The monoisotopic (exact) mass is 280 g/mol. The van der Waals surface area contributed by atoms with Crippen LogP contribution in [0.15, 0.2) is 0 Å². The summed E-state index contributed by atoms with van der Waals surface area (Å²) < 4.78 is 22.1. The highest BCUT2D eigenvalue weighted by molar-refractivity contribution is 7.90. The first-order valence-corrected chi connectivity index (χ1v) is 7.78. The van der Waals surface area contributed by atoms with Crippen molar-refractivity contribution >= 4 is 33.0 Å². The normalized spacial score (nSPS) is 16.9. The average molecular weight is 280 g/mol. The summed E-state index contributed by atoms with van der Waals surface area (Å²) in [4.78, 5) is 12.1. The molecule has 0 saturated carbocycles. The lowest BCUT2D eigenvalue weighted by Gasteiger charge is -2.27. The number of carbonyl (C=O) groups excluding carboxylic acids is 1. The van der Waals surface area contributed by atoms with Crippen molar-refractivity contribution in [2.75, 3.05) is 12.0 Å². The van der Waals surface area contributed by atoms with Crippen molar-refractivity contribution in [3.05, 3.63) is 0 Å². The fraction of sp³-hybridized carbons (Fsp3) is 0.800. The van der Waals surface area contributed by atoms with E-state index in [-0.39, 0.29) is 16.6 Å². The largest absolute Gasteiger partial charge is 0.392 e. The van der Waals surface area contributed by atoms with Gasteiger partial charge in [0.05, 0.1) is 16.2 Å². The van der Waals surface area contributed by atoms with E-state index in [4.69, 9.17) is 18.0 Å². The zero-order valence-corrected chi connectivity index (χ0v) is 12.2. The molecule has 100 valence electrons. The van der Waals surface area contributed by atoms with E-state index in [2.05, 4.69) is 5.32 Å². The maximum Gasteiger partial charge on any atom is 0.232 e. The summed E-state index contributed by atoms with van der Waals surface area (Å²) in [5, 5.41) is 2.62. The highest BCUT2D eigenvalue weighted by Gasteiger charge is 2.35. The highest BCUT2D eigenvalue weighted by atomic mass is 32.2. The second-order valence-corrected chi connectivity index (χ2v) is 7.14. The van der Waals surface area contributed by atoms with Crippen LogP contribution in [0.2, 0.25) is 0 Å². The Morgan fingerprint density at radius 2 is 2.00 bits per heavy atom. The molecule has 2 unspecified atom stereocenters. The molecule has 0 aliphatic heterocycles. The number of amides is 1. The minimum absolute atomic E-state index is 0.101. The van der Waals surface area contributed by atoms with Gasteiger partial charge < -0.3 is 11.1 Å². The van der Waals surface area contributed by atoms with Crippen molar-refractivity contribution in [1.29, 1.82) is 0 Å². The first-order chi connectivity index (χ1) is 7.53. The number of carbonyl (C=O) groups is 1. The third-order valence-electron chi connectivity index (χ3n) is 2.68. The summed E-state index contributed by atoms with van der Waals surface area (Å²) in [5.41, 5.74) is 4.61. The van der Waals surface area contributed by atoms with Crippen molar-refractivity contribution < 1.29 is 13.2 Å². The lowest BCUT2D eigenvalue weighted by Crippen LogP contribution is -2.50. The molecule has 0 aromatic carbocycles. The molecule has 17 heavy (non-hydrogen) atoms. The van der Waals surface area contributed by atoms with Gasteiger partial charge in [-0.25, -0.2) is 8.42 Å². The number of rotatable bonds is 6. The second kappa shape index (κ2) is 5.77. The van der Waals surface area contributed by atoms with Crippen LogP contribution in [0.5, 0.6) is 0 Å². The van der Waals surface area contributed by atoms with Crippen LogP contribution in [-0.4, -0.2) is 37.4 Å². The van der Waals surface area contributed by atoms with Crippen LogP contribution in [0.25, 0.3) is 0 Å². The second-order valence-electron chi connectivity index (χ2n) is 4.52. The molecule has 0 aliphatic carbocycles. The van der Waals surface area contributed by atoms with Crippen molar-refractivity contribution in [3.8, 4) is 0 Å². The molecular formula is C10H20N2O3S2. The fourth-order valence-electron chi connectivity index (χ4n) is 1.33. The Bertz CT molecular complexity index is 406. The molecule has 0 saturated heterocycles. The summed E-state index contributed by atoms with van der Waals surface area (Å²) in [7, 11) is -3.12. The molecule has 1 amide bonds. The van der Waals surface area contributed by atoms with Crippen LogP contribution in [-0.2, 0) is 14.6 Å². The number of hydrogen-bond acceptors (Lipinski definition) is 4. The molecule has 0 radical (unpaired) electrons. The molecule has 7 heteroatoms. The van der Waals surface area contributed by atoms with E-state index in [1.807, 2.05) is 0 Å². The Morgan fingerprint density at radius 3 is 2.29 bits per heavy atom. The summed E-state index contributed by atoms with van der Waals surface area (Å²) in [5.74, 6) is -0.431. The summed E-state index contributed by atoms with van der Waals surface area (Å²) in [6, 6.07) is -0.460. The molecule has 0 fully saturated rings. The predicted octanol–water partition coefficient (Wildman–Crippen LogP) is 0.238. The van der Waals surface area contributed by atoms with E-state index in [0.29, 0.717) is 6.42 Å². The van der Waals surface area contributed by atoms with Gasteiger partial charge in [0.2, 0.25) is 5.91 Å². The maximum atomic E-state index is 12.0. The van der Waals surface area contributed by atoms with Gasteiger partial charge in [0.25, 0.3) is 0 Å². The van der Waals surface area contributed by atoms with Crippen LogP contribution in [0.1, 0.15) is 27.2 Å². The topological polar surface area (TPSA) is 89.3 Å². The summed E-state index contributed by atoms with van der Waals surface area (Å²) >= 11 is 4.87. The lowest BCUT2D eigenvalue weighted by atomic mass is 9.86. The van der Waals surface area contributed by atoms with E-state index in [1.165, 1.54) is 0 Å². The smallest absolute Gasteiger partial charge is 0.232 e. The molecule has 0 aromatic heterocycles. The van der Waals surface area contributed by atoms with Crippen LogP contribution in [0, 0.1) is 5.41 Å². The molecule has 0 rings (SSSR count). The molecule has 5 nitrogen and oxygen atoms in total. The van der Waals surface area contributed by atoms with Gasteiger partial charge in [-0.2, -0.15) is 0 Å².